The van der Waals surface area contributed by atoms with Gasteiger partial charge in [-0.1, -0.05) is 48.0 Å². The number of allylic oxidation sites excluding steroid dienone is 2. The number of fused-ring (bicyclic) bond motifs is 1. The van der Waals surface area contributed by atoms with Crippen molar-refractivity contribution >= 4 is 45.0 Å². The number of halogens is 1. The fraction of sp³-hybridized carbons (Fsp3) is 0.190. The molecule has 1 aliphatic rings. The number of para-hydroxylation sites is 1. The summed E-state index contributed by atoms with van der Waals surface area (Å²) in [5, 5.41) is 1.28. The summed E-state index contributed by atoms with van der Waals surface area (Å²) in [5.41, 5.74) is 6.29. The predicted octanol–water partition coefficient (Wildman–Crippen LogP) is 4.46. The Labute approximate surface area is 171 Å². The van der Waals surface area contributed by atoms with Crippen molar-refractivity contribution in [1.82, 2.24) is 15.8 Å². The van der Waals surface area contributed by atoms with Crippen LogP contribution in [0.3, 0.4) is 0 Å². The molecule has 4 rings (SSSR count). The van der Waals surface area contributed by atoms with Gasteiger partial charge in [0.1, 0.15) is 0 Å². The van der Waals surface area contributed by atoms with E-state index in [2.05, 4.69) is 16.9 Å². The van der Waals surface area contributed by atoms with E-state index in [1.807, 2.05) is 30.3 Å². The average Bonchev–Trinajstić information content (AvgIpc) is 3.16. The van der Waals surface area contributed by atoms with Crippen LogP contribution >= 0.6 is 22.9 Å². The number of amides is 2. The van der Waals surface area contributed by atoms with Gasteiger partial charge in [0.25, 0.3) is 5.91 Å². The van der Waals surface area contributed by atoms with Crippen LogP contribution in [0, 0.1) is 5.92 Å². The minimum absolute atomic E-state index is 0.0142. The third kappa shape index (κ3) is 3.79. The molecule has 2 N–H and O–H groups in total. The summed E-state index contributed by atoms with van der Waals surface area (Å²) in [6, 6.07) is 14.7. The molecule has 1 aromatic heterocycles. The third-order valence-corrected chi connectivity index (χ3v) is 6.31. The van der Waals surface area contributed by atoms with E-state index in [4.69, 9.17) is 16.6 Å². The normalized spacial score (nSPS) is 18.8. The Morgan fingerprint density at radius 1 is 1.00 bits per heavy atom. The van der Waals surface area contributed by atoms with Crippen molar-refractivity contribution in [2.45, 2.75) is 18.8 Å². The Bertz CT molecular complexity index is 1030. The maximum Gasteiger partial charge on any atom is 0.271 e. The fourth-order valence-corrected chi connectivity index (χ4v) is 4.72. The Hall–Kier alpha value is -2.70. The van der Waals surface area contributed by atoms with E-state index in [0.717, 1.165) is 21.6 Å². The van der Waals surface area contributed by atoms with Gasteiger partial charge in [-0.05, 0) is 37.1 Å². The van der Waals surface area contributed by atoms with Crippen LogP contribution in [-0.4, -0.2) is 16.8 Å². The number of carbonyl (C=O) groups is 2. The number of hydrogen-bond acceptors (Lipinski definition) is 4. The van der Waals surface area contributed by atoms with E-state index < -0.39 is 5.91 Å². The van der Waals surface area contributed by atoms with Crippen molar-refractivity contribution in [3.05, 3.63) is 76.3 Å². The van der Waals surface area contributed by atoms with Crippen molar-refractivity contribution in [2.24, 2.45) is 5.92 Å². The number of nitrogens with zero attached hydrogens (tertiary/aromatic N) is 1. The molecule has 0 unspecified atom stereocenters. The lowest BCUT2D eigenvalue weighted by Crippen LogP contribution is -2.46. The zero-order valence-corrected chi connectivity index (χ0v) is 16.5. The van der Waals surface area contributed by atoms with E-state index in [-0.39, 0.29) is 17.7 Å². The summed E-state index contributed by atoms with van der Waals surface area (Å²) in [6.45, 7) is 0. The van der Waals surface area contributed by atoms with Crippen LogP contribution in [0.2, 0.25) is 5.02 Å². The molecule has 0 aliphatic heterocycles. The number of rotatable bonds is 3. The minimum Gasteiger partial charge on any atom is -0.273 e. The molecule has 0 spiro atoms. The molecule has 1 heterocycles. The van der Waals surface area contributed by atoms with E-state index in [1.165, 1.54) is 0 Å². The molecule has 0 fully saturated rings. The van der Waals surface area contributed by atoms with Gasteiger partial charge < -0.3 is 0 Å². The van der Waals surface area contributed by atoms with Crippen molar-refractivity contribution in [3.63, 3.8) is 0 Å². The topological polar surface area (TPSA) is 71.1 Å². The van der Waals surface area contributed by atoms with Gasteiger partial charge in [0.15, 0.2) is 0 Å². The van der Waals surface area contributed by atoms with Gasteiger partial charge in [-0.15, -0.1) is 11.3 Å². The number of aromatic nitrogens is 1. The second-order valence-corrected chi connectivity index (χ2v) is 8.07. The first kappa shape index (κ1) is 18.7. The summed E-state index contributed by atoms with van der Waals surface area (Å²) in [4.78, 5) is 29.8. The Morgan fingerprint density at radius 3 is 2.57 bits per heavy atom. The minimum atomic E-state index is -0.443. The Balaban J connectivity index is 1.48. The van der Waals surface area contributed by atoms with Crippen molar-refractivity contribution < 1.29 is 9.59 Å². The summed E-state index contributed by atoms with van der Waals surface area (Å²) in [7, 11) is 0. The molecular weight excluding hydrogens is 394 g/mol. The SMILES string of the molecule is O=C(NNC(=O)[C@H]1CC=CC[C@H]1c1nc2ccccc2s1)c1ccccc1Cl. The molecule has 2 amide bonds. The van der Waals surface area contributed by atoms with Gasteiger partial charge in [-0.3, -0.25) is 20.4 Å². The first-order chi connectivity index (χ1) is 13.6. The lowest BCUT2D eigenvalue weighted by Gasteiger charge is -2.26. The molecule has 0 saturated carbocycles. The number of carbonyl (C=O) groups excluding carboxylic acids is 2. The van der Waals surface area contributed by atoms with Crippen LogP contribution in [0.15, 0.2) is 60.7 Å². The monoisotopic (exact) mass is 411 g/mol. The van der Waals surface area contributed by atoms with E-state index in [9.17, 15) is 9.59 Å². The van der Waals surface area contributed by atoms with Gasteiger partial charge in [0, 0.05) is 5.92 Å². The summed E-state index contributed by atoms with van der Waals surface area (Å²) in [6.07, 6.45) is 5.44. The average molecular weight is 412 g/mol. The predicted molar refractivity (Wildman–Crippen MR) is 111 cm³/mol. The number of thiazole rings is 1. The van der Waals surface area contributed by atoms with Gasteiger partial charge in [-0.25, -0.2) is 4.98 Å². The molecule has 0 saturated heterocycles. The highest BCUT2D eigenvalue weighted by Gasteiger charge is 2.32. The van der Waals surface area contributed by atoms with Gasteiger partial charge >= 0.3 is 0 Å². The van der Waals surface area contributed by atoms with E-state index >= 15 is 0 Å². The standard InChI is InChI=1S/C21H18ClN3O2S/c22-16-10-4-3-9-15(16)20(27)25-24-19(26)13-7-1-2-8-14(13)21-23-17-11-5-6-12-18(17)28-21/h1-6,9-14H,7-8H2,(H,24,26)(H,25,27)/t13-,14+/m0/s1. The molecular formula is C21H18ClN3O2S. The molecule has 0 radical (unpaired) electrons. The summed E-state index contributed by atoms with van der Waals surface area (Å²) >= 11 is 7.65. The van der Waals surface area contributed by atoms with Crippen LogP contribution in [-0.2, 0) is 4.79 Å². The number of hydrazine groups is 1. The molecule has 0 bridgehead atoms. The maximum absolute atomic E-state index is 12.8. The van der Waals surface area contributed by atoms with Crippen LogP contribution in [0.25, 0.3) is 10.2 Å². The lowest BCUT2D eigenvalue weighted by molar-refractivity contribution is -0.126. The highest BCUT2D eigenvalue weighted by Crippen LogP contribution is 2.38. The van der Waals surface area contributed by atoms with Crippen LogP contribution in [0.1, 0.15) is 34.1 Å². The summed E-state index contributed by atoms with van der Waals surface area (Å²) in [5.74, 6) is -0.979. The Kier molecular flexibility index (Phi) is 5.41. The van der Waals surface area contributed by atoms with Gasteiger partial charge in [0.2, 0.25) is 5.91 Å². The summed E-state index contributed by atoms with van der Waals surface area (Å²) < 4.78 is 1.11. The molecule has 5 nitrogen and oxygen atoms in total. The van der Waals surface area contributed by atoms with Crippen molar-refractivity contribution in [2.75, 3.05) is 0 Å². The lowest BCUT2D eigenvalue weighted by atomic mass is 9.83. The fourth-order valence-electron chi connectivity index (χ4n) is 3.35. The molecule has 3 aromatic rings. The molecule has 28 heavy (non-hydrogen) atoms. The zero-order valence-electron chi connectivity index (χ0n) is 14.9. The number of nitrogens with one attached hydrogen (secondary N) is 2. The van der Waals surface area contributed by atoms with E-state index in [1.54, 1.807) is 35.6 Å². The molecule has 2 atom stereocenters. The molecule has 142 valence electrons. The second-order valence-electron chi connectivity index (χ2n) is 6.60. The van der Waals surface area contributed by atoms with Crippen LogP contribution < -0.4 is 10.9 Å². The third-order valence-electron chi connectivity index (χ3n) is 4.81. The van der Waals surface area contributed by atoms with Gasteiger partial charge in [0.05, 0.1) is 31.7 Å². The maximum atomic E-state index is 12.8. The highest BCUT2D eigenvalue weighted by atomic mass is 35.5. The highest BCUT2D eigenvalue weighted by molar-refractivity contribution is 7.18. The van der Waals surface area contributed by atoms with Crippen molar-refractivity contribution in [3.8, 4) is 0 Å². The quantitative estimate of drug-likeness (QED) is 0.493. The largest absolute Gasteiger partial charge is 0.273 e. The second kappa shape index (κ2) is 8.12. The van der Waals surface area contributed by atoms with Gasteiger partial charge in [-0.2, -0.15) is 0 Å². The number of hydrogen-bond donors (Lipinski definition) is 2. The van der Waals surface area contributed by atoms with Crippen molar-refractivity contribution in [1.29, 1.82) is 0 Å². The first-order valence-electron chi connectivity index (χ1n) is 8.98. The van der Waals surface area contributed by atoms with Crippen LogP contribution in [0.4, 0.5) is 0 Å². The molecule has 1 aliphatic carbocycles. The smallest absolute Gasteiger partial charge is 0.271 e. The Morgan fingerprint density at radius 2 is 1.75 bits per heavy atom. The van der Waals surface area contributed by atoms with Crippen LogP contribution in [0.5, 0.6) is 0 Å². The van der Waals surface area contributed by atoms with E-state index in [0.29, 0.717) is 17.0 Å². The number of benzene rings is 2. The zero-order chi connectivity index (χ0) is 19.5. The first-order valence-corrected chi connectivity index (χ1v) is 10.2. The molecule has 7 heteroatoms. The molecule has 2 aromatic carbocycles.